The molecule has 1 aromatic heterocycles. The number of ether oxygens (including phenoxy) is 1. The first-order chi connectivity index (χ1) is 18.3. The maximum absolute atomic E-state index is 13.9. The molecule has 1 saturated heterocycles. The van der Waals surface area contributed by atoms with Crippen molar-refractivity contribution < 1.29 is 19.1 Å². The summed E-state index contributed by atoms with van der Waals surface area (Å²) in [5.74, 6) is -1.21. The Bertz CT molecular complexity index is 1240. The largest absolute Gasteiger partial charge is 0.370 e. The Morgan fingerprint density at radius 3 is 2.50 bits per heavy atom. The number of primary amides is 1. The van der Waals surface area contributed by atoms with Crippen LogP contribution in [0.2, 0.25) is 0 Å². The number of amides is 3. The van der Waals surface area contributed by atoms with Gasteiger partial charge in [0.05, 0.1) is 6.61 Å². The number of carbonyl (C=O) groups excluding carboxylic acids is 3. The lowest BCUT2D eigenvalue weighted by Crippen LogP contribution is -2.55. The van der Waals surface area contributed by atoms with Crippen LogP contribution in [0.3, 0.4) is 0 Å². The number of likely N-dealkylation sites (N-methyl/N-ethyl adjacent to an activating group) is 2. The third kappa shape index (κ3) is 6.98. The molecule has 2 aromatic carbocycles. The Morgan fingerprint density at radius 2 is 1.82 bits per heavy atom. The van der Waals surface area contributed by atoms with Gasteiger partial charge in [-0.3, -0.25) is 14.4 Å². The smallest absolute Gasteiger partial charge is 0.249 e. The number of nitrogens with two attached hydrogens (primary N) is 1. The molecule has 9 heteroatoms. The van der Waals surface area contributed by atoms with Crippen molar-refractivity contribution in [3.63, 3.8) is 0 Å². The van der Waals surface area contributed by atoms with Crippen molar-refractivity contribution in [1.82, 2.24) is 15.1 Å². The molecule has 202 valence electrons. The molecule has 0 bridgehead atoms. The Morgan fingerprint density at radius 1 is 1.03 bits per heavy atom. The van der Waals surface area contributed by atoms with Gasteiger partial charge in [0.1, 0.15) is 18.7 Å². The molecule has 1 aliphatic heterocycles. The first-order valence-corrected chi connectivity index (χ1v) is 13.8. The van der Waals surface area contributed by atoms with Crippen molar-refractivity contribution in [2.75, 3.05) is 33.9 Å². The minimum absolute atomic E-state index is 0.117. The second-order valence-electron chi connectivity index (χ2n) is 9.87. The Balaban J connectivity index is 1.53. The van der Waals surface area contributed by atoms with E-state index in [1.54, 1.807) is 14.1 Å². The minimum atomic E-state index is -0.827. The highest BCUT2D eigenvalue weighted by Crippen LogP contribution is 2.20. The van der Waals surface area contributed by atoms with Gasteiger partial charge in [0.2, 0.25) is 17.7 Å². The van der Waals surface area contributed by atoms with E-state index in [0.29, 0.717) is 19.4 Å². The van der Waals surface area contributed by atoms with Crippen molar-refractivity contribution in [1.29, 1.82) is 0 Å². The highest BCUT2D eigenvalue weighted by Gasteiger charge is 2.34. The van der Waals surface area contributed by atoms with Crippen LogP contribution >= 0.6 is 11.3 Å². The third-order valence-electron chi connectivity index (χ3n) is 7.21. The van der Waals surface area contributed by atoms with Crippen LogP contribution in [-0.2, 0) is 32.0 Å². The number of hydrogen-bond donors (Lipinski definition) is 2. The van der Waals surface area contributed by atoms with Gasteiger partial charge >= 0.3 is 0 Å². The average molecular weight is 537 g/mol. The summed E-state index contributed by atoms with van der Waals surface area (Å²) in [6.07, 6.45) is 2.75. The molecule has 3 N–H and O–H groups in total. The van der Waals surface area contributed by atoms with Crippen LogP contribution in [0.1, 0.15) is 23.3 Å². The van der Waals surface area contributed by atoms with Gasteiger partial charge in [-0.05, 0) is 47.2 Å². The molecule has 4 rings (SSSR count). The number of rotatable bonds is 12. The predicted octanol–water partition coefficient (Wildman–Crippen LogP) is 2.59. The summed E-state index contributed by atoms with van der Waals surface area (Å²) in [4.78, 5) is 43.2. The normalized spacial score (nSPS) is 16.7. The fourth-order valence-corrected chi connectivity index (χ4v) is 5.62. The summed E-state index contributed by atoms with van der Waals surface area (Å²) in [7, 11) is 3.20. The molecule has 0 spiro atoms. The minimum Gasteiger partial charge on any atom is -0.370 e. The fourth-order valence-electron chi connectivity index (χ4n) is 4.88. The molecule has 0 aliphatic carbocycles. The van der Waals surface area contributed by atoms with Gasteiger partial charge in [0.15, 0.2) is 0 Å². The molecule has 8 nitrogen and oxygen atoms in total. The highest BCUT2D eigenvalue weighted by atomic mass is 32.1. The van der Waals surface area contributed by atoms with Crippen LogP contribution in [0.5, 0.6) is 0 Å². The number of carbonyl (C=O) groups is 3. The van der Waals surface area contributed by atoms with Gasteiger partial charge in [0.25, 0.3) is 0 Å². The molecule has 38 heavy (non-hydrogen) atoms. The SMILES string of the molecule is CN(C(=O)COC[C@@H]1CCCN1)[C@H](Cc1ccc2ccccc2c1)C(=O)N(C)[C@H](Cc1cccs1)C(N)=O. The molecule has 3 atom stereocenters. The maximum atomic E-state index is 13.9. The molecule has 3 amide bonds. The molecule has 0 unspecified atom stereocenters. The van der Waals surface area contributed by atoms with Crippen LogP contribution in [0.15, 0.2) is 60.0 Å². The fraction of sp³-hybridized carbons (Fsp3) is 0.414. The summed E-state index contributed by atoms with van der Waals surface area (Å²) in [6.45, 7) is 1.30. The number of benzene rings is 2. The van der Waals surface area contributed by atoms with Crippen molar-refractivity contribution in [2.45, 2.75) is 43.8 Å². The van der Waals surface area contributed by atoms with E-state index in [4.69, 9.17) is 10.5 Å². The Hall–Kier alpha value is -3.27. The first kappa shape index (κ1) is 27.8. The number of thiophene rings is 1. The van der Waals surface area contributed by atoms with E-state index >= 15 is 0 Å². The van der Waals surface area contributed by atoms with Crippen LogP contribution in [0.25, 0.3) is 10.8 Å². The quantitative estimate of drug-likeness (QED) is 0.370. The van der Waals surface area contributed by atoms with Crippen molar-refractivity contribution >= 4 is 39.8 Å². The maximum Gasteiger partial charge on any atom is 0.249 e. The number of hydrogen-bond acceptors (Lipinski definition) is 6. The summed E-state index contributed by atoms with van der Waals surface area (Å²) in [5, 5.41) is 7.42. The van der Waals surface area contributed by atoms with Crippen LogP contribution in [0, 0.1) is 0 Å². The zero-order chi connectivity index (χ0) is 27.1. The molecule has 0 radical (unpaired) electrons. The molecule has 1 fully saturated rings. The summed E-state index contributed by atoms with van der Waals surface area (Å²) in [5.41, 5.74) is 6.65. The van der Waals surface area contributed by atoms with E-state index in [9.17, 15) is 14.4 Å². The second kappa shape index (κ2) is 13.0. The van der Waals surface area contributed by atoms with Crippen molar-refractivity contribution in [3.05, 3.63) is 70.4 Å². The number of nitrogens with one attached hydrogen (secondary N) is 1. The van der Waals surface area contributed by atoms with Gasteiger partial charge in [0, 0.05) is 37.9 Å². The topological polar surface area (TPSA) is 105 Å². The average Bonchev–Trinajstić information content (AvgIpc) is 3.63. The van der Waals surface area contributed by atoms with Gasteiger partial charge in [-0.1, -0.05) is 48.5 Å². The van der Waals surface area contributed by atoms with E-state index in [0.717, 1.165) is 40.6 Å². The van der Waals surface area contributed by atoms with E-state index in [1.165, 1.54) is 21.1 Å². The molecule has 0 saturated carbocycles. The first-order valence-electron chi connectivity index (χ1n) is 13.0. The standard InChI is InChI=1S/C29H36N4O4S/c1-32(27(34)19-37-18-23-9-5-13-31-23)26(16-20-11-12-21-7-3-4-8-22(21)15-20)29(36)33(2)25(28(30)35)17-24-10-6-14-38-24/h3-4,6-8,10-12,14-15,23,25-26,31H,5,9,13,16-19H2,1-2H3,(H2,30,35)/t23-,25+,26+/m0/s1. The lowest BCUT2D eigenvalue weighted by molar-refractivity contribution is -0.148. The van der Waals surface area contributed by atoms with Crippen molar-refractivity contribution in [3.8, 4) is 0 Å². The number of fused-ring (bicyclic) bond motifs is 1. The molecular formula is C29H36N4O4S. The van der Waals surface area contributed by atoms with Gasteiger partial charge in [-0.15, -0.1) is 11.3 Å². The van der Waals surface area contributed by atoms with Gasteiger partial charge in [-0.2, -0.15) is 0 Å². The van der Waals surface area contributed by atoms with E-state index in [1.807, 2.05) is 60.0 Å². The Labute approximate surface area is 227 Å². The molecule has 3 aromatic rings. The van der Waals surface area contributed by atoms with E-state index in [-0.39, 0.29) is 24.5 Å². The van der Waals surface area contributed by atoms with Crippen LogP contribution < -0.4 is 11.1 Å². The monoisotopic (exact) mass is 536 g/mol. The van der Waals surface area contributed by atoms with Crippen molar-refractivity contribution in [2.24, 2.45) is 5.73 Å². The summed E-state index contributed by atoms with van der Waals surface area (Å²) in [6, 6.07) is 16.4. The van der Waals surface area contributed by atoms with Gasteiger partial charge in [-0.25, -0.2) is 0 Å². The van der Waals surface area contributed by atoms with Crippen LogP contribution in [0.4, 0.5) is 0 Å². The highest BCUT2D eigenvalue weighted by molar-refractivity contribution is 7.09. The Kier molecular flexibility index (Phi) is 9.49. The molecule has 2 heterocycles. The lowest BCUT2D eigenvalue weighted by Gasteiger charge is -2.34. The zero-order valence-electron chi connectivity index (χ0n) is 22.0. The molecule has 1 aliphatic rings. The number of nitrogens with zero attached hydrogens (tertiary/aromatic N) is 2. The second-order valence-corrected chi connectivity index (χ2v) is 10.9. The summed E-state index contributed by atoms with van der Waals surface area (Å²) < 4.78 is 5.70. The van der Waals surface area contributed by atoms with E-state index in [2.05, 4.69) is 5.32 Å². The molecular weight excluding hydrogens is 500 g/mol. The van der Waals surface area contributed by atoms with Crippen LogP contribution in [-0.4, -0.2) is 79.5 Å². The van der Waals surface area contributed by atoms with Gasteiger partial charge < -0.3 is 25.6 Å². The third-order valence-corrected chi connectivity index (χ3v) is 8.11. The zero-order valence-corrected chi connectivity index (χ0v) is 22.8. The predicted molar refractivity (Wildman–Crippen MR) is 150 cm³/mol. The summed E-state index contributed by atoms with van der Waals surface area (Å²) >= 11 is 1.51. The lowest BCUT2D eigenvalue weighted by atomic mass is 9.99. The van der Waals surface area contributed by atoms with E-state index < -0.39 is 18.0 Å².